The number of rotatable bonds is 12. The van der Waals surface area contributed by atoms with E-state index in [0.717, 1.165) is 75.4 Å². The lowest BCUT2D eigenvalue weighted by Gasteiger charge is -2.02. The summed E-state index contributed by atoms with van der Waals surface area (Å²) in [4.78, 5) is 80.8. The van der Waals surface area contributed by atoms with Crippen molar-refractivity contribution in [1.82, 2.24) is 59.9 Å². The Balaban J connectivity index is 0.00000121. The summed E-state index contributed by atoms with van der Waals surface area (Å²) in [7, 11) is 1.95. The van der Waals surface area contributed by atoms with Crippen LogP contribution in [0.1, 0.15) is 90.2 Å². The predicted octanol–water partition coefficient (Wildman–Crippen LogP) is 8.99. The first-order valence-corrected chi connectivity index (χ1v) is 22.2. The molecule has 5 N–H and O–H groups in total. The number of esters is 2. The molecule has 5 aromatic carbocycles. The molecule has 0 radical (unpaired) electrons. The van der Waals surface area contributed by atoms with E-state index in [0.29, 0.717) is 22.9 Å². The average Bonchev–Trinajstić information content (AvgIpc) is 1.05. The van der Waals surface area contributed by atoms with Gasteiger partial charge in [0.1, 0.15) is 152 Å². The number of hydrogen-bond acceptors (Lipinski definition) is 17. The van der Waals surface area contributed by atoms with Crippen LogP contribution in [0.5, 0.6) is 0 Å². The number of amidine groups is 1. The number of methoxy groups -OCH3 is 2. The third-order valence-electron chi connectivity index (χ3n) is 7.67. The van der Waals surface area contributed by atoms with Crippen LogP contribution in [0.15, 0.2) is 160 Å². The minimum absolute atomic E-state index is 0.0648. The van der Waals surface area contributed by atoms with E-state index in [1.807, 2.05) is 0 Å². The van der Waals surface area contributed by atoms with E-state index in [2.05, 4.69) is 65.7 Å². The number of nitrogens with zero attached hydrogens (tertiary/aromatic N) is 10. The van der Waals surface area contributed by atoms with Gasteiger partial charge in [-0.25, -0.2) is 73.2 Å². The summed E-state index contributed by atoms with van der Waals surface area (Å²) in [6, 6.07) is 6.69. The van der Waals surface area contributed by atoms with Crippen molar-refractivity contribution >= 4 is 41.4 Å². The molecule has 0 fully saturated rings. The molecule has 9 aromatic rings. The normalized spacial score (nSPS) is 13.7. The number of nitrogens with two attached hydrogens (primary N) is 1. The van der Waals surface area contributed by atoms with E-state index < -0.39 is 187 Å². The SMILES string of the molecule is O=C(Cn1cncn1)c1ccc(F)cc1F.[2H]C(=N)N.[2H]C([2H])(C(=O)OC)C(=O)C([2H])([2H])C([2H])([2H])[2H].[2H]C([2H])(C(=O)c1ccc(F)cc1F)n1cncn1.[2H]C([2H])([2H])CC(=O)CC(=O)OC.[2H]c1c(F)cccc1F.[2H]c1cc([2H])c(F)c([2H])c1F.[2H]c1cc([2H])c(F)cc1F.[2H]c1n[nH]c([2H])n1.[2H]c1ncn[nH]1. The molecule has 0 saturated heterocycles. The van der Waals surface area contributed by atoms with Crippen LogP contribution in [0.3, 0.4) is 0 Å². The van der Waals surface area contributed by atoms with Crippen LogP contribution in [0.25, 0.3) is 0 Å². The highest BCUT2D eigenvalue weighted by molar-refractivity contribution is 5.97. The lowest BCUT2D eigenvalue weighted by Crippen LogP contribution is -2.12. The zero-order chi connectivity index (χ0) is 84.4. The van der Waals surface area contributed by atoms with Gasteiger partial charge >= 0.3 is 11.9 Å². The smallest absolute Gasteiger partial charge is 0.313 e. The fourth-order valence-electron chi connectivity index (χ4n) is 4.22. The maximum absolute atomic E-state index is 13.4. The summed E-state index contributed by atoms with van der Waals surface area (Å²) >= 11 is 0. The molecule has 4 heterocycles. The highest BCUT2D eigenvalue weighted by Gasteiger charge is 2.15. The van der Waals surface area contributed by atoms with Crippen LogP contribution in [-0.4, -0.2) is 115 Å². The van der Waals surface area contributed by atoms with Gasteiger partial charge in [-0.15, -0.1) is 0 Å². The molecule has 0 amide bonds. The van der Waals surface area contributed by atoms with Crippen molar-refractivity contribution in [3.8, 4) is 0 Å². The third kappa shape index (κ3) is 39.2. The third-order valence-corrected chi connectivity index (χ3v) is 7.67. The summed E-state index contributed by atoms with van der Waals surface area (Å²) in [6.45, 7) is -8.37. The number of Topliss-reactive ketones (excluding diaryl/α,β-unsaturated/α-hetero) is 4. The van der Waals surface area contributed by atoms with E-state index in [1.54, 1.807) is 0 Å². The molecular formula is C55H56F10N14O8. The highest BCUT2D eigenvalue weighted by Crippen LogP contribution is 2.12. The first-order chi connectivity index (χ1) is 50.1. The molecule has 4 aromatic heterocycles. The summed E-state index contributed by atoms with van der Waals surface area (Å²) in [5, 5.41) is 24.3. The summed E-state index contributed by atoms with van der Waals surface area (Å²) in [5.41, 5.74) is 3.66. The lowest BCUT2D eigenvalue weighted by atomic mass is 10.1. The lowest BCUT2D eigenvalue weighted by molar-refractivity contribution is -0.144. The van der Waals surface area contributed by atoms with Crippen molar-refractivity contribution in [2.24, 2.45) is 5.73 Å². The molecule has 0 bridgehead atoms. The van der Waals surface area contributed by atoms with Gasteiger partial charge in [-0.05, 0) is 60.6 Å². The number of H-pyrrole nitrogens is 2. The number of hydrogen-bond donors (Lipinski definition) is 4. The van der Waals surface area contributed by atoms with Gasteiger partial charge in [-0.3, -0.25) is 44.4 Å². The van der Waals surface area contributed by atoms with Crippen molar-refractivity contribution in [2.45, 2.75) is 52.3 Å². The molecule has 0 aliphatic heterocycles. The molecule has 0 spiro atoms. The van der Waals surface area contributed by atoms with E-state index >= 15 is 0 Å². The molecule has 0 atom stereocenters. The monoisotopic (exact) mass is 1250 g/mol. The van der Waals surface area contributed by atoms with Gasteiger partial charge in [-0.1, -0.05) is 31.9 Å². The number of aromatic amines is 2. The fraction of sp³-hybridized carbons (Fsp3) is 0.182. The number of benzene rings is 5. The van der Waals surface area contributed by atoms with Crippen LogP contribution in [0.2, 0.25) is 0 Å². The fourth-order valence-corrected chi connectivity index (χ4v) is 4.22. The second-order valence-electron chi connectivity index (χ2n) is 13.7. The number of ketones is 4. The molecule has 0 aliphatic rings. The number of nitrogens with one attached hydrogen (secondary N) is 3. The number of ether oxygens (including phenoxy) is 2. The zero-order valence-corrected chi connectivity index (χ0v) is 44.0. The van der Waals surface area contributed by atoms with Crippen molar-refractivity contribution in [3.05, 3.63) is 229 Å². The maximum Gasteiger partial charge on any atom is 0.313 e. The van der Waals surface area contributed by atoms with Gasteiger partial charge in [0.05, 0.1) is 42.6 Å². The Morgan fingerprint density at radius 3 is 1.52 bits per heavy atom. The largest absolute Gasteiger partial charge is 0.469 e. The van der Waals surface area contributed by atoms with Crippen molar-refractivity contribution < 1.29 is 112 Å². The second-order valence-corrected chi connectivity index (χ2v) is 13.7. The van der Waals surface area contributed by atoms with E-state index in [4.69, 9.17) is 35.6 Å². The quantitative estimate of drug-likeness (QED) is 0.0221. The minimum Gasteiger partial charge on any atom is -0.469 e. The maximum atomic E-state index is 13.4. The molecule has 87 heavy (non-hydrogen) atoms. The Hall–Kier alpha value is -11.0. The summed E-state index contributed by atoms with van der Waals surface area (Å²) in [5.74, 6) is -16.1. The van der Waals surface area contributed by atoms with E-state index in [-0.39, 0.29) is 31.0 Å². The Kier molecular flexibility index (Phi) is 24.3. The standard InChI is InChI=1S/2C10H7F2N3O.3C6H4F2.2C6H10O3.2C2H3N3.CH4N2/c2*11-7-1-2-8(9(12)3-7)10(16)4-15-6-13-5-14-15;3*7-5-2-1-3-6(8)4-5;2*1-3-5(7)4-6(8)9-2;2*1-3-2-5-4-1;2-1-3/h2*1-3,5-6H,4H2;3*1-4H;2*3-4H2,1-2H3;2*1-2H,(H,3,4,5);1H,(H3,2,3)/i4D2;;2D,3D,4D;2D,3D;4D;1D3,3D2,4D2;1D3;1D,2D;2*1D. The van der Waals surface area contributed by atoms with Gasteiger partial charge < -0.3 is 15.2 Å². The molecule has 0 saturated carbocycles. The van der Waals surface area contributed by atoms with Crippen molar-refractivity contribution in [2.75, 3.05) is 14.2 Å². The number of carbonyl (C=O) groups is 6. The molecule has 32 heteroatoms. The average molecular weight is 1250 g/mol. The van der Waals surface area contributed by atoms with E-state index in [9.17, 15) is 72.7 Å². The number of aromatic nitrogens is 12. The Labute approximate surface area is 520 Å². The molecule has 0 unspecified atom stereocenters. The Morgan fingerprint density at radius 2 is 1.11 bits per heavy atom. The first kappa shape index (κ1) is 45.5. The second kappa shape index (κ2) is 46.5. The number of carbonyl (C=O) groups excluding carboxylic acids is 6. The molecule has 464 valence electrons. The van der Waals surface area contributed by atoms with Crippen LogP contribution in [0, 0.1) is 63.6 Å². The molecule has 22 nitrogen and oxygen atoms in total. The van der Waals surface area contributed by atoms with Crippen LogP contribution in [-0.2, 0) is 41.7 Å². The predicted molar refractivity (Wildman–Crippen MR) is 290 cm³/mol. The van der Waals surface area contributed by atoms with Crippen molar-refractivity contribution in [1.29, 1.82) is 5.41 Å². The van der Waals surface area contributed by atoms with Crippen LogP contribution in [0.4, 0.5) is 43.9 Å². The highest BCUT2D eigenvalue weighted by atomic mass is 19.2. The molecular weight excluding hydrogens is 1170 g/mol. The first-order valence-electron chi connectivity index (χ1n) is 33.2. The molecule has 0 aliphatic carbocycles. The minimum atomic E-state index is -3.45. The topological polar surface area (TPSA) is 315 Å². The van der Waals surface area contributed by atoms with E-state index in [1.165, 1.54) is 29.7 Å². The van der Waals surface area contributed by atoms with Gasteiger partial charge in [0.15, 0.2) is 11.6 Å². The van der Waals surface area contributed by atoms with Crippen LogP contribution < -0.4 is 5.73 Å². The molecule has 9 rings (SSSR count). The van der Waals surface area contributed by atoms with Crippen LogP contribution >= 0.6 is 0 Å². The van der Waals surface area contributed by atoms with Gasteiger partial charge in [-0.2, -0.15) is 20.4 Å². The van der Waals surface area contributed by atoms with Gasteiger partial charge in [0.2, 0.25) is 0 Å². The van der Waals surface area contributed by atoms with Crippen molar-refractivity contribution in [3.63, 3.8) is 0 Å². The Morgan fingerprint density at radius 1 is 0.609 bits per heavy atom. The van der Waals surface area contributed by atoms with Gasteiger partial charge in [0, 0.05) is 56.8 Å². The summed E-state index contributed by atoms with van der Waals surface area (Å²) in [6.07, 6.45) is -2.54. The Bertz CT molecular complexity index is 4350. The summed E-state index contributed by atoms with van der Waals surface area (Å²) < 4.78 is 286. The zero-order valence-electron chi connectivity index (χ0n) is 66.0. The number of halogens is 10. The van der Waals surface area contributed by atoms with Gasteiger partial charge in [0.25, 0.3) is 0 Å².